The van der Waals surface area contributed by atoms with E-state index in [2.05, 4.69) is 23.7 Å². The smallest absolute Gasteiger partial charge is 0.130 e. The van der Waals surface area contributed by atoms with Gasteiger partial charge in [-0.1, -0.05) is 25.4 Å². The molecule has 15 heavy (non-hydrogen) atoms. The van der Waals surface area contributed by atoms with E-state index in [-0.39, 0.29) is 0 Å². The Hall–Kier alpha value is -0.250. The Balaban J connectivity index is 2.31. The van der Waals surface area contributed by atoms with Gasteiger partial charge in [-0.15, -0.1) is 11.8 Å². The van der Waals surface area contributed by atoms with Gasteiger partial charge in [-0.25, -0.2) is 4.98 Å². The van der Waals surface area contributed by atoms with Crippen LogP contribution >= 0.6 is 23.4 Å². The summed E-state index contributed by atoms with van der Waals surface area (Å²) in [6, 6.07) is 3.91. The van der Waals surface area contributed by atoms with Gasteiger partial charge < -0.3 is 4.90 Å². The van der Waals surface area contributed by atoms with E-state index in [1.165, 1.54) is 4.90 Å². The SMILES string of the molecule is CCN(CC)CCSc1ccnc(Cl)c1. The molecule has 0 unspecified atom stereocenters. The average molecular weight is 245 g/mol. The Labute approximate surface area is 101 Å². The summed E-state index contributed by atoms with van der Waals surface area (Å²) in [5, 5.41) is 0.572. The summed E-state index contributed by atoms with van der Waals surface area (Å²) in [7, 11) is 0. The van der Waals surface area contributed by atoms with Crippen LogP contribution in [-0.4, -0.2) is 35.3 Å². The zero-order valence-corrected chi connectivity index (χ0v) is 10.8. The molecule has 1 rings (SSSR count). The quantitative estimate of drug-likeness (QED) is 0.565. The van der Waals surface area contributed by atoms with Crippen molar-refractivity contribution in [1.82, 2.24) is 9.88 Å². The molecule has 0 aliphatic rings. The molecule has 0 saturated carbocycles. The number of thioether (sulfide) groups is 1. The predicted molar refractivity (Wildman–Crippen MR) is 67.8 cm³/mol. The first-order valence-electron chi connectivity index (χ1n) is 5.23. The Kier molecular flexibility index (Phi) is 6.06. The average Bonchev–Trinajstić information content (AvgIpc) is 2.25. The largest absolute Gasteiger partial charge is 0.303 e. The van der Waals surface area contributed by atoms with Crippen LogP contribution in [0.5, 0.6) is 0 Å². The number of hydrogen-bond donors (Lipinski definition) is 0. The van der Waals surface area contributed by atoms with E-state index in [0.29, 0.717) is 5.15 Å². The standard InChI is InChI=1S/C11H17ClN2S/c1-3-14(4-2)7-8-15-10-5-6-13-11(12)9-10/h5-6,9H,3-4,7-8H2,1-2H3. The molecular formula is C11H17ClN2S. The summed E-state index contributed by atoms with van der Waals surface area (Å²) in [6.07, 6.45) is 1.75. The third kappa shape index (κ3) is 4.87. The first-order chi connectivity index (χ1) is 7.26. The molecule has 84 valence electrons. The molecular weight excluding hydrogens is 228 g/mol. The fourth-order valence-corrected chi connectivity index (χ4v) is 2.48. The second-order valence-electron chi connectivity index (χ2n) is 3.19. The predicted octanol–water partition coefficient (Wildman–Crippen LogP) is 3.17. The van der Waals surface area contributed by atoms with Crippen LogP contribution < -0.4 is 0 Å². The van der Waals surface area contributed by atoms with E-state index in [9.17, 15) is 0 Å². The van der Waals surface area contributed by atoms with Crippen molar-refractivity contribution in [1.29, 1.82) is 0 Å². The lowest BCUT2D eigenvalue weighted by Gasteiger charge is -2.17. The number of nitrogens with zero attached hydrogens (tertiary/aromatic N) is 2. The minimum atomic E-state index is 0.572. The molecule has 0 aliphatic carbocycles. The van der Waals surface area contributed by atoms with Gasteiger partial charge in [0, 0.05) is 23.4 Å². The molecule has 2 nitrogen and oxygen atoms in total. The number of pyridine rings is 1. The van der Waals surface area contributed by atoms with Crippen LogP contribution in [0.1, 0.15) is 13.8 Å². The maximum absolute atomic E-state index is 5.81. The van der Waals surface area contributed by atoms with Gasteiger partial charge in [0.05, 0.1) is 0 Å². The highest BCUT2D eigenvalue weighted by molar-refractivity contribution is 7.99. The monoisotopic (exact) mass is 244 g/mol. The fraction of sp³-hybridized carbons (Fsp3) is 0.545. The normalized spacial score (nSPS) is 10.9. The molecule has 0 fully saturated rings. The third-order valence-electron chi connectivity index (χ3n) is 2.27. The summed E-state index contributed by atoms with van der Waals surface area (Å²) >= 11 is 7.63. The van der Waals surface area contributed by atoms with E-state index in [0.717, 1.165) is 25.4 Å². The molecule has 0 aromatic carbocycles. The van der Waals surface area contributed by atoms with Gasteiger partial charge in [-0.3, -0.25) is 0 Å². The van der Waals surface area contributed by atoms with E-state index in [1.54, 1.807) is 6.20 Å². The minimum Gasteiger partial charge on any atom is -0.303 e. The van der Waals surface area contributed by atoms with Gasteiger partial charge in [0.25, 0.3) is 0 Å². The zero-order chi connectivity index (χ0) is 11.1. The maximum atomic E-state index is 5.81. The summed E-state index contributed by atoms with van der Waals surface area (Å²) in [5.41, 5.74) is 0. The number of aromatic nitrogens is 1. The van der Waals surface area contributed by atoms with Crippen LogP contribution in [0.15, 0.2) is 23.2 Å². The Morgan fingerprint density at radius 1 is 1.40 bits per heavy atom. The highest BCUT2D eigenvalue weighted by atomic mass is 35.5. The van der Waals surface area contributed by atoms with E-state index >= 15 is 0 Å². The van der Waals surface area contributed by atoms with E-state index in [1.807, 2.05) is 23.9 Å². The lowest BCUT2D eigenvalue weighted by atomic mass is 10.5. The van der Waals surface area contributed by atoms with Crippen molar-refractivity contribution in [3.63, 3.8) is 0 Å². The van der Waals surface area contributed by atoms with Crippen LogP contribution in [0.2, 0.25) is 5.15 Å². The lowest BCUT2D eigenvalue weighted by molar-refractivity contribution is 0.324. The Morgan fingerprint density at radius 2 is 2.13 bits per heavy atom. The first-order valence-corrected chi connectivity index (χ1v) is 6.59. The van der Waals surface area contributed by atoms with Crippen molar-refractivity contribution >= 4 is 23.4 Å². The Morgan fingerprint density at radius 3 is 2.73 bits per heavy atom. The van der Waals surface area contributed by atoms with Crippen molar-refractivity contribution < 1.29 is 0 Å². The van der Waals surface area contributed by atoms with E-state index in [4.69, 9.17) is 11.6 Å². The van der Waals surface area contributed by atoms with Gasteiger partial charge in [0.2, 0.25) is 0 Å². The molecule has 1 aromatic rings. The Bertz CT molecular complexity index is 290. The minimum absolute atomic E-state index is 0.572. The number of hydrogen-bond acceptors (Lipinski definition) is 3. The van der Waals surface area contributed by atoms with Crippen LogP contribution in [0.25, 0.3) is 0 Å². The van der Waals surface area contributed by atoms with Crippen LogP contribution in [-0.2, 0) is 0 Å². The molecule has 0 N–H and O–H groups in total. The van der Waals surface area contributed by atoms with Gasteiger partial charge in [0.15, 0.2) is 0 Å². The van der Waals surface area contributed by atoms with Crippen LogP contribution in [0.4, 0.5) is 0 Å². The number of halogens is 1. The third-order valence-corrected chi connectivity index (χ3v) is 3.45. The van der Waals surface area contributed by atoms with E-state index < -0.39 is 0 Å². The van der Waals surface area contributed by atoms with Crippen LogP contribution in [0, 0.1) is 0 Å². The fourth-order valence-electron chi connectivity index (χ4n) is 1.31. The van der Waals surface area contributed by atoms with Crippen molar-refractivity contribution in [2.24, 2.45) is 0 Å². The number of rotatable bonds is 6. The topological polar surface area (TPSA) is 16.1 Å². The molecule has 1 heterocycles. The molecule has 4 heteroatoms. The molecule has 0 bridgehead atoms. The van der Waals surface area contributed by atoms with Crippen molar-refractivity contribution in [3.8, 4) is 0 Å². The summed E-state index contributed by atoms with van der Waals surface area (Å²) < 4.78 is 0. The highest BCUT2D eigenvalue weighted by Gasteiger charge is 2.00. The molecule has 0 spiro atoms. The summed E-state index contributed by atoms with van der Waals surface area (Å²) in [4.78, 5) is 7.57. The summed E-state index contributed by atoms with van der Waals surface area (Å²) in [6.45, 7) is 7.74. The van der Waals surface area contributed by atoms with Gasteiger partial charge in [-0.05, 0) is 25.2 Å². The first kappa shape index (κ1) is 12.8. The molecule has 0 atom stereocenters. The second kappa shape index (κ2) is 7.09. The summed E-state index contributed by atoms with van der Waals surface area (Å²) in [5.74, 6) is 1.10. The molecule has 0 radical (unpaired) electrons. The van der Waals surface area contributed by atoms with Gasteiger partial charge in [-0.2, -0.15) is 0 Å². The highest BCUT2D eigenvalue weighted by Crippen LogP contribution is 2.19. The lowest BCUT2D eigenvalue weighted by Crippen LogP contribution is -2.25. The molecule has 0 amide bonds. The van der Waals surface area contributed by atoms with Crippen molar-refractivity contribution in [3.05, 3.63) is 23.5 Å². The second-order valence-corrected chi connectivity index (χ2v) is 4.75. The van der Waals surface area contributed by atoms with Crippen molar-refractivity contribution in [2.45, 2.75) is 18.7 Å². The van der Waals surface area contributed by atoms with Crippen LogP contribution in [0.3, 0.4) is 0 Å². The maximum Gasteiger partial charge on any atom is 0.130 e. The molecule has 0 saturated heterocycles. The zero-order valence-electron chi connectivity index (χ0n) is 9.24. The molecule has 0 aliphatic heterocycles. The molecule has 1 aromatic heterocycles. The van der Waals surface area contributed by atoms with Gasteiger partial charge >= 0.3 is 0 Å². The van der Waals surface area contributed by atoms with Crippen molar-refractivity contribution in [2.75, 3.05) is 25.4 Å². The van der Waals surface area contributed by atoms with Gasteiger partial charge in [0.1, 0.15) is 5.15 Å².